The Bertz CT molecular complexity index is 482. The number of hydrogen-bond donors (Lipinski definition) is 0. The van der Waals surface area contributed by atoms with Crippen LogP contribution in [-0.2, 0) is 0 Å². The molecule has 2 nitrogen and oxygen atoms in total. The van der Waals surface area contributed by atoms with Gasteiger partial charge >= 0.3 is 0 Å². The van der Waals surface area contributed by atoms with Gasteiger partial charge in [0.15, 0.2) is 9.95 Å². The third kappa shape index (κ3) is 4.38. The molecule has 1 aromatic rings. The van der Waals surface area contributed by atoms with Gasteiger partial charge in [0.1, 0.15) is 0 Å². The van der Waals surface area contributed by atoms with E-state index in [1.807, 2.05) is 38.1 Å². The van der Waals surface area contributed by atoms with Crippen molar-refractivity contribution in [2.45, 2.75) is 47.7 Å². The Morgan fingerprint density at radius 1 is 1.14 bits per heavy atom. The topological polar surface area (TPSA) is 20.3 Å². The van der Waals surface area contributed by atoms with Crippen LogP contribution in [0.1, 0.15) is 43.5 Å². The first kappa shape index (κ1) is 17.1. The zero-order valence-corrected chi connectivity index (χ0v) is 14.8. The molecule has 1 saturated heterocycles. The summed E-state index contributed by atoms with van der Waals surface area (Å²) >= 11 is 12.9. The number of rotatable bonds is 5. The highest BCUT2D eigenvalue weighted by Gasteiger charge is 2.35. The first-order valence-electron chi connectivity index (χ1n) is 7.26. The molecule has 2 rings (SSSR count). The number of halogens is 2. The number of ketones is 1. The number of benzene rings is 1. The van der Waals surface area contributed by atoms with Gasteiger partial charge in [-0.05, 0) is 51.9 Å². The fraction of sp³-hybridized carbons (Fsp3) is 0.562. The number of nitrogens with zero attached hydrogens (tertiary/aromatic N) is 1. The minimum atomic E-state index is -0.489. The Morgan fingerprint density at radius 2 is 1.71 bits per heavy atom. The summed E-state index contributed by atoms with van der Waals surface area (Å²) in [6, 6.07) is 7.54. The van der Waals surface area contributed by atoms with E-state index in [0.29, 0.717) is 0 Å². The number of Topliss-reactive ketones (excluding diaryl/α,β-unsaturated/α-hetero) is 1. The quantitative estimate of drug-likeness (QED) is 0.426. The van der Waals surface area contributed by atoms with Crippen molar-refractivity contribution in [2.75, 3.05) is 13.1 Å². The van der Waals surface area contributed by atoms with Crippen molar-refractivity contribution in [1.82, 2.24) is 4.90 Å². The van der Waals surface area contributed by atoms with E-state index in [2.05, 4.69) is 4.90 Å². The maximum Gasteiger partial charge on any atom is 0.182 e. The van der Waals surface area contributed by atoms with Crippen molar-refractivity contribution in [3.63, 3.8) is 0 Å². The lowest BCUT2D eigenvalue weighted by Gasteiger charge is -2.39. The highest BCUT2D eigenvalue weighted by Crippen LogP contribution is 2.30. The predicted molar refractivity (Wildman–Crippen MR) is 91.6 cm³/mol. The summed E-state index contributed by atoms with van der Waals surface area (Å²) in [5.74, 6) is 0.175. The molecule has 1 aliphatic rings. The molecule has 0 spiro atoms. The van der Waals surface area contributed by atoms with E-state index in [0.717, 1.165) is 23.5 Å². The van der Waals surface area contributed by atoms with E-state index in [4.69, 9.17) is 23.2 Å². The van der Waals surface area contributed by atoms with Crippen LogP contribution in [0.2, 0.25) is 0 Å². The van der Waals surface area contributed by atoms with Crippen molar-refractivity contribution in [1.29, 1.82) is 0 Å². The number of carbonyl (C=O) groups excluding carboxylic acids is 1. The van der Waals surface area contributed by atoms with E-state index in [9.17, 15) is 4.79 Å². The van der Waals surface area contributed by atoms with Gasteiger partial charge in [-0.2, -0.15) is 0 Å². The second-order valence-electron chi connectivity index (χ2n) is 5.84. The van der Waals surface area contributed by atoms with Gasteiger partial charge in [-0.15, -0.1) is 0 Å². The molecule has 1 aliphatic heterocycles. The minimum Gasteiger partial charge on any atom is -0.292 e. The standard InChI is InChI=1S/C16H21Cl2NOS/c1-16(2,19-10-4-3-5-11-19)14(20)12-6-8-13(9-7-12)21-15(17)18/h6-9,15H,3-5,10-11H2,1-2H3. The number of piperidine rings is 1. The largest absolute Gasteiger partial charge is 0.292 e. The van der Waals surface area contributed by atoms with E-state index >= 15 is 0 Å². The molecule has 0 saturated carbocycles. The first-order valence-corrected chi connectivity index (χ1v) is 9.01. The van der Waals surface area contributed by atoms with Crippen molar-refractivity contribution < 1.29 is 4.79 Å². The van der Waals surface area contributed by atoms with Crippen LogP contribution in [0.15, 0.2) is 29.2 Å². The van der Waals surface area contributed by atoms with Crippen molar-refractivity contribution in [2.24, 2.45) is 0 Å². The second kappa shape index (κ2) is 7.36. The third-order valence-electron chi connectivity index (χ3n) is 4.04. The number of thioether (sulfide) groups is 1. The van der Waals surface area contributed by atoms with Gasteiger partial charge < -0.3 is 0 Å². The summed E-state index contributed by atoms with van der Waals surface area (Å²) in [5, 5.41) is 0. The van der Waals surface area contributed by atoms with Crippen molar-refractivity contribution >= 4 is 40.7 Å². The first-order chi connectivity index (χ1) is 9.91. The second-order valence-corrected chi connectivity index (χ2v) is 8.63. The van der Waals surface area contributed by atoms with Gasteiger partial charge in [-0.1, -0.05) is 53.5 Å². The van der Waals surface area contributed by atoms with Crippen LogP contribution in [-0.4, -0.2) is 33.5 Å². The molecule has 5 heteroatoms. The van der Waals surface area contributed by atoms with Crippen LogP contribution < -0.4 is 0 Å². The van der Waals surface area contributed by atoms with Gasteiger partial charge in [0.05, 0.1) is 5.54 Å². The molecule has 0 radical (unpaired) electrons. The van der Waals surface area contributed by atoms with Gasteiger partial charge in [0.25, 0.3) is 0 Å². The Balaban J connectivity index is 2.10. The molecule has 21 heavy (non-hydrogen) atoms. The lowest BCUT2D eigenvalue weighted by molar-refractivity contribution is 0.0579. The summed E-state index contributed by atoms with van der Waals surface area (Å²) in [6.07, 6.45) is 3.63. The minimum absolute atomic E-state index is 0.175. The van der Waals surface area contributed by atoms with Crippen LogP contribution in [0.4, 0.5) is 0 Å². The SMILES string of the molecule is CC(C)(C(=O)c1ccc(SC(Cl)Cl)cc1)N1CCCCC1. The molecule has 0 atom stereocenters. The monoisotopic (exact) mass is 345 g/mol. The average molecular weight is 346 g/mol. The zero-order chi connectivity index (χ0) is 15.5. The maximum atomic E-state index is 12.8. The molecule has 0 amide bonds. The molecule has 0 unspecified atom stereocenters. The molecule has 1 heterocycles. The Hall–Kier alpha value is -0.220. The summed E-state index contributed by atoms with van der Waals surface area (Å²) in [4.78, 5) is 16.1. The number of carbonyl (C=O) groups is 1. The molecule has 1 fully saturated rings. The van der Waals surface area contributed by atoms with Crippen LogP contribution >= 0.6 is 35.0 Å². The molecule has 0 aliphatic carbocycles. The average Bonchev–Trinajstić information content (AvgIpc) is 2.47. The number of likely N-dealkylation sites (tertiary alicyclic amines) is 1. The van der Waals surface area contributed by atoms with Crippen LogP contribution in [0, 0.1) is 0 Å². The summed E-state index contributed by atoms with van der Waals surface area (Å²) < 4.78 is -0.489. The van der Waals surface area contributed by atoms with Gasteiger partial charge in [-0.25, -0.2) is 0 Å². The fourth-order valence-electron chi connectivity index (χ4n) is 2.74. The molecule has 0 bridgehead atoms. The molecular formula is C16H21Cl2NOS. The van der Waals surface area contributed by atoms with Gasteiger partial charge in [-0.3, -0.25) is 9.69 Å². The third-order valence-corrected chi connectivity index (χ3v) is 5.30. The van der Waals surface area contributed by atoms with Crippen molar-refractivity contribution in [3.05, 3.63) is 29.8 Å². The molecule has 1 aromatic carbocycles. The highest BCUT2D eigenvalue weighted by atomic mass is 35.5. The summed E-state index contributed by atoms with van der Waals surface area (Å²) in [7, 11) is 0. The smallest absolute Gasteiger partial charge is 0.182 e. The maximum absolute atomic E-state index is 12.8. The number of hydrogen-bond acceptors (Lipinski definition) is 3. The fourth-order valence-corrected chi connectivity index (χ4v) is 3.85. The van der Waals surface area contributed by atoms with Crippen LogP contribution in [0.5, 0.6) is 0 Å². The Morgan fingerprint density at radius 3 is 2.24 bits per heavy atom. The highest BCUT2D eigenvalue weighted by molar-refractivity contribution is 8.02. The van der Waals surface area contributed by atoms with Gasteiger partial charge in [0, 0.05) is 10.5 Å². The molecule has 116 valence electrons. The van der Waals surface area contributed by atoms with Gasteiger partial charge in [0.2, 0.25) is 0 Å². The normalized spacial score (nSPS) is 17.2. The lowest BCUT2D eigenvalue weighted by atomic mass is 9.89. The van der Waals surface area contributed by atoms with Crippen molar-refractivity contribution in [3.8, 4) is 0 Å². The van der Waals surface area contributed by atoms with E-state index < -0.39 is 9.71 Å². The van der Waals surface area contributed by atoms with E-state index in [1.165, 1.54) is 31.0 Å². The Labute approximate surface area is 141 Å². The molecular weight excluding hydrogens is 325 g/mol. The summed E-state index contributed by atoms with van der Waals surface area (Å²) in [6.45, 7) is 6.06. The van der Waals surface area contributed by atoms with E-state index in [-0.39, 0.29) is 5.78 Å². The molecule has 0 N–H and O–H groups in total. The molecule has 0 aromatic heterocycles. The van der Waals surface area contributed by atoms with Crippen LogP contribution in [0.25, 0.3) is 0 Å². The lowest BCUT2D eigenvalue weighted by Crippen LogP contribution is -2.52. The van der Waals surface area contributed by atoms with E-state index in [1.54, 1.807) is 0 Å². The summed E-state index contributed by atoms with van der Waals surface area (Å²) in [5.41, 5.74) is 0.298. The van der Waals surface area contributed by atoms with Crippen LogP contribution in [0.3, 0.4) is 0 Å². The zero-order valence-electron chi connectivity index (χ0n) is 12.4. The predicted octanol–water partition coefficient (Wildman–Crippen LogP) is 4.99. The Kier molecular flexibility index (Phi) is 6.01. The number of alkyl halides is 2.